The maximum Gasteiger partial charge on any atom is 0.131 e. The second kappa shape index (κ2) is 9.40. The monoisotopic (exact) mass is 449 g/mol. The lowest BCUT2D eigenvalue weighted by molar-refractivity contribution is 0.0466. The molecule has 0 unspecified atom stereocenters. The summed E-state index contributed by atoms with van der Waals surface area (Å²) in [5.41, 5.74) is 5.92. The first-order valence-corrected chi connectivity index (χ1v) is 12.0. The summed E-state index contributed by atoms with van der Waals surface area (Å²) < 4.78 is 6.92. The third-order valence-corrected chi connectivity index (χ3v) is 6.95. The summed E-state index contributed by atoms with van der Waals surface area (Å²) in [7, 11) is 0. The van der Waals surface area contributed by atoms with Crippen LogP contribution in [0.5, 0.6) is 5.75 Å². The Kier molecular flexibility index (Phi) is 6.16. The van der Waals surface area contributed by atoms with E-state index in [-0.39, 0.29) is 11.8 Å². The Morgan fingerprint density at radius 3 is 1.97 bits per heavy atom. The van der Waals surface area contributed by atoms with E-state index in [2.05, 4.69) is 88.8 Å². The van der Waals surface area contributed by atoms with Gasteiger partial charge in [0.05, 0.1) is 0 Å². The van der Waals surface area contributed by atoms with Gasteiger partial charge in [0.25, 0.3) is 0 Å². The van der Waals surface area contributed by atoms with E-state index in [0.717, 1.165) is 42.8 Å². The molecule has 3 N–H and O–H groups in total. The zero-order chi connectivity index (χ0) is 22.1. The third kappa shape index (κ3) is 4.59. The van der Waals surface area contributed by atoms with Crippen LogP contribution in [0.25, 0.3) is 11.1 Å². The Balaban J connectivity index is 0.00000241. The molecule has 4 heteroatoms. The summed E-state index contributed by atoms with van der Waals surface area (Å²) in [5, 5.41) is 0. The highest BCUT2D eigenvalue weighted by molar-refractivity contribution is 5.69. The van der Waals surface area contributed by atoms with Crippen molar-refractivity contribution in [2.24, 2.45) is 0 Å². The van der Waals surface area contributed by atoms with Crippen molar-refractivity contribution in [3.63, 3.8) is 0 Å². The summed E-state index contributed by atoms with van der Waals surface area (Å²) in [5.74, 6) is 2.56. The lowest BCUT2D eigenvalue weighted by Gasteiger charge is -2.40. The van der Waals surface area contributed by atoms with Gasteiger partial charge in [-0.3, -0.25) is 0 Å². The number of hydrogen-bond donors (Lipinski definition) is 1. The van der Waals surface area contributed by atoms with E-state index in [4.69, 9.17) is 4.74 Å². The molecular weight excluding hydrogens is 418 g/mol. The quantitative estimate of drug-likeness (QED) is 0.354. The topological polar surface area (TPSA) is 70.0 Å². The van der Waals surface area contributed by atoms with E-state index in [1.54, 1.807) is 0 Å². The van der Waals surface area contributed by atoms with Gasteiger partial charge in [-0.15, -0.1) is 0 Å². The van der Waals surface area contributed by atoms with Crippen LogP contribution < -0.4 is 10.9 Å². The van der Waals surface area contributed by atoms with E-state index in [1.807, 2.05) is 12.4 Å². The molecule has 0 spiro atoms. The molecule has 0 radical (unpaired) electrons. The number of benzene rings is 3. The van der Waals surface area contributed by atoms with Crippen molar-refractivity contribution < 1.29 is 4.74 Å². The predicted octanol–water partition coefficient (Wildman–Crippen LogP) is 6.73. The fourth-order valence-electron chi connectivity index (χ4n) is 5.10. The van der Waals surface area contributed by atoms with Crippen molar-refractivity contribution in [1.82, 2.24) is 16.1 Å². The first-order valence-electron chi connectivity index (χ1n) is 12.0. The Morgan fingerprint density at radius 1 is 0.765 bits per heavy atom. The van der Waals surface area contributed by atoms with Crippen molar-refractivity contribution >= 4 is 0 Å². The van der Waals surface area contributed by atoms with Crippen molar-refractivity contribution in [2.75, 3.05) is 0 Å². The van der Waals surface area contributed by atoms with E-state index in [9.17, 15) is 0 Å². The van der Waals surface area contributed by atoms with Crippen molar-refractivity contribution in [1.29, 1.82) is 0 Å². The van der Waals surface area contributed by atoms with E-state index < -0.39 is 0 Å². The standard InChI is InChI=1S/C30H28N2O.H3N/c1-3-8-22(9-4-1)18-30(19-23-10-5-2-6-11-23)17-16-27-26(12-7-13-28(27)33-30)25-20-31-29(32-21-25)24-14-15-24;/h1-13,20-21,24H,14-19H2;1H3. The van der Waals surface area contributed by atoms with Gasteiger partial charge in [0.15, 0.2) is 0 Å². The van der Waals surface area contributed by atoms with Crippen molar-refractivity contribution in [3.05, 3.63) is 114 Å². The van der Waals surface area contributed by atoms with Gasteiger partial charge >= 0.3 is 0 Å². The molecule has 3 aromatic carbocycles. The van der Waals surface area contributed by atoms with Crippen molar-refractivity contribution in [3.8, 4) is 16.9 Å². The van der Waals surface area contributed by atoms with Crippen LogP contribution >= 0.6 is 0 Å². The fraction of sp³-hybridized carbons (Fsp3) is 0.267. The Labute approximate surface area is 201 Å². The van der Waals surface area contributed by atoms with Crippen LogP contribution in [-0.4, -0.2) is 15.6 Å². The second-order valence-electron chi connectivity index (χ2n) is 9.50. The first-order chi connectivity index (χ1) is 16.3. The van der Waals surface area contributed by atoms with Gasteiger partial charge in [-0.05, 0) is 48.4 Å². The van der Waals surface area contributed by atoms with Crippen LogP contribution in [0.2, 0.25) is 0 Å². The van der Waals surface area contributed by atoms with Crippen LogP contribution in [-0.2, 0) is 19.3 Å². The minimum Gasteiger partial charge on any atom is -0.486 e. The molecule has 2 heterocycles. The highest BCUT2D eigenvalue weighted by Crippen LogP contribution is 2.42. The number of nitrogens with zero attached hydrogens (tertiary/aromatic N) is 2. The Hall–Kier alpha value is -3.50. The minimum atomic E-state index is -0.263. The molecule has 1 aliphatic carbocycles. The molecule has 4 nitrogen and oxygen atoms in total. The average Bonchev–Trinajstić information content (AvgIpc) is 3.71. The maximum absolute atomic E-state index is 6.92. The zero-order valence-corrected chi connectivity index (χ0v) is 19.5. The van der Waals surface area contributed by atoms with E-state index >= 15 is 0 Å². The van der Waals surface area contributed by atoms with Crippen LogP contribution in [0.4, 0.5) is 0 Å². The highest BCUT2D eigenvalue weighted by Gasteiger charge is 2.37. The Morgan fingerprint density at radius 2 is 1.38 bits per heavy atom. The van der Waals surface area contributed by atoms with Gasteiger partial charge in [-0.25, -0.2) is 9.97 Å². The fourth-order valence-corrected chi connectivity index (χ4v) is 5.10. The Bertz CT molecular complexity index is 1190. The molecule has 1 fully saturated rings. The normalized spacial score (nSPS) is 16.1. The number of rotatable bonds is 6. The molecule has 4 aromatic rings. The molecular formula is C30H31N3O. The molecule has 0 atom stereocenters. The number of fused-ring (bicyclic) bond motifs is 1. The molecule has 1 aliphatic heterocycles. The largest absolute Gasteiger partial charge is 0.486 e. The first kappa shape index (κ1) is 22.3. The molecule has 1 aromatic heterocycles. The molecule has 6 rings (SSSR count). The maximum atomic E-state index is 6.92. The predicted molar refractivity (Wildman–Crippen MR) is 136 cm³/mol. The third-order valence-electron chi connectivity index (χ3n) is 6.95. The lowest BCUT2D eigenvalue weighted by atomic mass is 9.80. The SMILES string of the molecule is N.c1ccc(CC2(Cc3ccccc3)CCc3c(cccc3-c3cnc(C4CC4)nc3)O2)cc1. The number of hydrogen-bond acceptors (Lipinski definition) is 4. The summed E-state index contributed by atoms with van der Waals surface area (Å²) >= 11 is 0. The lowest BCUT2D eigenvalue weighted by Crippen LogP contribution is -2.44. The zero-order valence-electron chi connectivity index (χ0n) is 19.5. The molecule has 1 saturated carbocycles. The van der Waals surface area contributed by atoms with Gasteiger partial charge < -0.3 is 10.9 Å². The van der Waals surface area contributed by atoms with E-state index in [0.29, 0.717) is 5.92 Å². The van der Waals surface area contributed by atoms with Crippen molar-refractivity contribution in [2.45, 2.75) is 50.0 Å². The molecule has 0 bridgehead atoms. The summed E-state index contributed by atoms with van der Waals surface area (Å²) in [6, 6.07) is 27.9. The van der Waals surface area contributed by atoms with Crippen LogP contribution in [0.15, 0.2) is 91.3 Å². The second-order valence-corrected chi connectivity index (χ2v) is 9.50. The summed E-state index contributed by atoms with van der Waals surface area (Å²) in [6.45, 7) is 0. The molecule has 0 amide bonds. The smallest absolute Gasteiger partial charge is 0.131 e. The van der Waals surface area contributed by atoms with Crippen LogP contribution in [0.1, 0.15) is 47.7 Å². The average molecular weight is 450 g/mol. The number of ether oxygens (including phenoxy) is 1. The molecule has 172 valence electrons. The van der Waals surface area contributed by atoms with Gasteiger partial charge in [0, 0.05) is 42.3 Å². The van der Waals surface area contributed by atoms with E-state index in [1.165, 1.54) is 35.1 Å². The highest BCUT2D eigenvalue weighted by atomic mass is 16.5. The van der Waals surface area contributed by atoms with Gasteiger partial charge in [-0.2, -0.15) is 0 Å². The van der Waals surface area contributed by atoms with Gasteiger partial charge in [0.2, 0.25) is 0 Å². The van der Waals surface area contributed by atoms with Crippen LogP contribution in [0.3, 0.4) is 0 Å². The molecule has 0 saturated heterocycles. The van der Waals surface area contributed by atoms with Gasteiger partial charge in [0.1, 0.15) is 17.2 Å². The summed E-state index contributed by atoms with van der Waals surface area (Å²) in [6.07, 6.45) is 10.2. The van der Waals surface area contributed by atoms with Gasteiger partial charge in [-0.1, -0.05) is 72.8 Å². The molecule has 34 heavy (non-hydrogen) atoms. The summed E-state index contributed by atoms with van der Waals surface area (Å²) in [4.78, 5) is 9.31. The van der Waals surface area contributed by atoms with Crippen LogP contribution in [0, 0.1) is 0 Å². The number of aromatic nitrogens is 2. The molecule has 2 aliphatic rings. The minimum absolute atomic E-state index is 0.